The van der Waals surface area contributed by atoms with Gasteiger partial charge in [-0.2, -0.15) is 0 Å². The summed E-state index contributed by atoms with van der Waals surface area (Å²) >= 11 is 0. The van der Waals surface area contributed by atoms with E-state index in [2.05, 4.69) is 15.3 Å². The highest BCUT2D eigenvalue weighted by atomic mass is 16.5. The van der Waals surface area contributed by atoms with Gasteiger partial charge in [-0.3, -0.25) is 4.98 Å². The molecule has 0 aliphatic heterocycles. The number of aliphatic hydroxyl groups is 2. The Bertz CT molecular complexity index is 832. The number of para-hydroxylation sites is 1. The van der Waals surface area contributed by atoms with Crippen molar-refractivity contribution in [3.05, 3.63) is 78.8 Å². The molecule has 29 heavy (non-hydrogen) atoms. The third-order valence-corrected chi connectivity index (χ3v) is 4.22. The largest absolute Gasteiger partial charge is 0.491 e. The van der Waals surface area contributed by atoms with Crippen molar-refractivity contribution in [1.82, 2.24) is 15.3 Å². The molecular formula is C22H25N3O4. The van der Waals surface area contributed by atoms with E-state index >= 15 is 0 Å². The van der Waals surface area contributed by atoms with Crippen LogP contribution >= 0.6 is 0 Å². The molecule has 2 aromatic carbocycles. The maximum atomic E-state index is 10.1. The van der Waals surface area contributed by atoms with Crippen molar-refractivity contribution in [1.29, 1.82) is 0 Å². The molecule has 0 unspecified atom stereocenters. The lowest BCUT2D eigenvalue weighted by molar-refractivity contribution is 0.0997. The van der Waals surface area contributed by atoms with Gasteiger partial charge in [0.05, 0.1) is 12.8 Å². The van der Waals surface area contributed by atoms with E-state index < -0.39 is 6.10 Å². The van der Waals surface area contributed by atoms with E-state index in [1.54, 1.807) is 18.6 Å². The fourth-order valence-electron chi connectivity index (χ4n) is 2.71. The first-order valence-corrected chi connectivity index (χ1v) is 9.46. The van der Waals surface area contributed by atoms with Gasteiger partial charge in [0.2, 0.25) is 5.88 Å². The molecule has 0 saturated heterocycles. The minimum atomic E-state index is -0.674. The van der Waals surface area contributed by atoms with Crippen molar-refractivity contribution in [2.45, 2.75) is 18.6 Å². The molecule has 2 atom stereocenters. The topological polar surface area (TPSA) is 96.7 Å². The molecule has 0 radical (unpaired) electrons. The molecule has 3 N–H and O–H groups in total. The Morgan fingerprint density at radius 3 is 2.45 bits per heavy atom. The maximum absolute atomic E-state index is 10.1. The zero-order chi connectivity index (χ0) is 20.3. The quantitative estimate of drug-likeness (QED) is 0.458. The van der Waals surface area contributed by atoms with E-state index in [-0.39, 0.29) is 19.3 Å². The molecule has 0 aliphatic carbocycles. The fraction of sp³-hybridized carbons (Fsp3) is 0.273. The number of hydrogen-bond donors (Lipinski definition) is 3. The molecule has 3 aromatic rings. The van der Waals surface area contributed by atoms with Crippen molar-refractivity contribution < 1.29 is 19.7 Å². The highest BCUT2D eigenvalue weighted by molar-refractivity contribution is 5.30. The van der Waals surface area contributed by atoms with Crippen LogP contribution in [0.3, 0.4) is 0 Å². The second-order valence-corrected chi connectivity index (χ2v) is 6.56. The molecule has 0 amide bonds. The summed E-state index contributed by atoms with van der Waals surface area (Å²) in [6.07, 6.45) is 4.65. The molecule has 0 fully saturated rings. The smallest absolute Gasteiger partial charge is 0.237 e. The molecule has 3 rings (SSSR count). The molecule has 0 aliphatic rings. The van der Waals surface area contributed by atoms with Crippen LogP contribution in [-0.4, -0.2) is 52.1 Å². The Kier molecular flexibility index (Phi) is 7.94. The SMILES string of the molecule is OC[C@H](Cc1ccc(Oc2cnccn2)cc1)NC[C@H](O)COc1ccccc1. The molecular weight excluding hydrogens is 370 g/mol. The minimum Gasteiger partial charge on any atom is -0.491 e. The van der Waals surface area contributed by atoms with Crippen molar-refractivity contribution in [3.63, 3.8) is 0 Å². The zero-order valence-electron chi connectivity index (χ0n) is 16.0. The number of nitrogens with zero attached hydrogens (tertiary/aromatic N) is 2. The number of ether oxygens (including phenoxy) is 2. The molecule has 0 spiro atoms. The molecule has 152 valence electrons. The van der Waals surface area contributed by atoms with Crippen LogP contribution < -0.4 is 14.8 Å². The molecule has 1 aromatic heterocycles. The first-order chi connectivity index (χ1) is 14.2. The van der Waals surface area contributed by atoms with E-state index in [1.807, 2.05) is 54.6 Å². The van der Waals surface area contributed by atoms with E-state index in [1.165, 1.54) is 0 Å². The standard InChI is InChI=1S/C22H25N3O4/c26-15-18(25-13-19(27)16-28-20-4-2-1-3-5-20)12-17-6-8-21(9-7-17)29-22-14-23-10-11-24-22/h1-11,14,18-19,25-27H,12-13,15-16H2/t18-,19-/m0/s1. The lowest BCUT2D eigenvalue weighted by Crippen LogP contribution is -2.41. The number of hydrogen-bond acceptors (Lipinski definition) is 7. The Morgan fingerprint density at radius 2 is 1.76 bits per heavy atom. The zero-order valence-corrected chi connectivity index (χ0v) is 16.0. The Labute approximate surface area is 170 Å². The van der Waals surface area contributed by atoms with Crippen LogP contribution in [0.2, 0.25) is 0 Å². The predicted molar refractivity (Wildman–Crippen MR) is 109 cm³/mol. The van der Waals surface area contributed by atoms with Gasteiger partial charge in [-0.25, -0.2) is 4.98 Å². The van der Waals surface area contributed by atoms with E-state index in [0.717, 1.165) is 5.56 Å². The monoisotopic (exact) mass is 395 g/mol. The maximum Gasteiger partial charge on any atom is 0.237 e. The van der Waals surface area contributed by atoms with E-state index in [4.69, 9.17) is 9.47 Å². The summed E-state index contributed by atoms with van der Waals surface area (Å²) in [7, 11) is 0. The molecule has 0 saturated carbocycles. The summed E-state index contributed by atoms with van der Waals surface area (Å²) in [5.41, 5.74) is 1.04. The Balaban J connectivity index is 1.43. The van der Waals surface area contributed by atoms with Gasteiger partial charge in [-0.1, -0.05) is 30.3 Å². The third-order valence-electron chi connectivity index (χ3n) is 4.22. The summed E-state index contributed by atoms with van der Waals surface area (Å²) < 4.78 is 11.2. The Hall–Kier alpha value is -3.00. The normalized spacial score (nSPS) is 12.9. The number of nitrogens with one attached hydrogen (secondary N) is 1. The summed E-state index contributed by atoms with van der Waals surface area (Å²) in [5, 5.41) is 22.9. The van der Waals surface area contributed by atoms with Gasteiger partial charge < -0.3 is 25.0 Å². The van der Waals surface area contributed by atoms with Crippen LogP contribution in [-0.2, 0) is 6.42 Å². The van der Waals surface area contributed by atoms with E-state index in [0.29, 0.717) is 30.3 Å². The summed E-state index contributed by atoms with van der Waals surface area (Å²) in [6.45, 7) is 0.472. The van der Waals surface area contributed by atoms with Gasteiger partial charge in [0.25, 0.3) is 0 Å². The van der Waals surface area contributed by atoms with Crippen molar-refractivity contribution in [3.8, 4) is 17.4 Å². The fourth-order valence-corrected chi connectivity index (χ4v) is 2.71. The van der Waals surface area contributed by atoms with Crippen LogP contribution in [0.1, 0.15) is 5.56 Å². The van der Waals surface area contributed by atoms with Crippen LogP contribution in [0.25, 0.3) is 0 Å². The van der Waals surface area contributed by atoms with Crippen molar-refractivity contribution in [2.24, 2.45) is 0 Å². The lowest BCUT2D eigenvalue weighted by Gasteiger charge is -2.19. The van der Waals surface area contributed by atoms with Crippen LogP contribution in [0, 0.1) is 0 Å². The highest BCUT2D eigenvalue weighted by Crippen LogP contribution is 2.19. The first-order valence-electron chi connectivity index (χ1n) is 9.46. The molecule has 1 heterocycles. The summed E-state index contributed by atoms with van der Waals surface area (Å²) in [6, 6.07) is 16.7. The van der Waals surface area contributed by atoms with Crippen molar-refractivity contribution in [2.75, 3.05) is 19.8 Å². The summed E-state index contributed by atoms with van der Waals surface area (Å²) in [5.74, 6) is 1.81. The molecule has 7 nitrogen and oxygen atoms in total. The average molecular weight is 395 g/mol. The van der Waals surface area contributed by atoms with Crippen LogP contribution in [0.5, 0.6) is 17.4 Å². The third kappa shape index (κ3) is 7.15. The minimum absolute atomic E-state index is 0.0376. The number of aromatic nitrogens is 2. The number of aliphatic hydroxyl groups excluding tert-OH is 2. The van der Waals surface area contributed by atoms with Crippen molar-refractivity contribution >= 4 is 0 Å². The van der Waals surface area contributed by atoms with Gasteiger partial charge in [0, 0.05) is 25.0 Å². The van der Waals surface area contributed by atoms with Gasteiger partial charge >= 0.3 is 0 Å². The van der Waals surface area contributed by atoms with Gasteiger partial charge in [0.1, 0.15) is 24.2 Å². The van der Waals surface area contributed by atoms with Crippen LogP contribution in [0.4, 0.5) is 0 Å². The molecule has 7 heteroatoms. The van der Waals surface area contributed by atoms with Gasteiger partial charge in [-0.05, 0) is 36.2 Å². The molecule has 0 bridgehead atoms. The first kappa shape index (κ1) is 20.7. The summed E-state index contributed by atoms with van der Waals surface area (Å²) in [4.78, 5) is 8.03. The predicted octanol–water partition coefficient (Wildman–Crippen LogP) is 2.20. The van der Waals surface area contributed by atoms with Gasteiger partial charge in [0.15, 0.2) is 0 Å². The lowest BCUT2D eigenvalue weighted by atomic mass is 10.1. The second-order valence-electron chi connectivity index (χ2n) is 6.56. The number of rotatable bonds is 11. The Morgan fingerprint density at radius 1 is 0.966 bits per heavy atom. The van der Waals surface area contributed by atoms with Crippen LogP contribution in [0.15, 0.2) is 73.2 Å². The highest BCUT2D eigenvalue weighted by Gasteiger charge is 2.12. The second kappa shape index (κ2) is 11.1. The average Bonchev–Trinajstić information content (AvgIpc) is 2.78. The number of benzene rings is 2. The van der Waals surface area contributed by atoms with Gasteiger partial charge in [-0.15, -0.1) is 0 Å². The van der Waals surface area contributed by atoms with E-state index in [9.17, 15) is 10.2 Å².